The Kier molecular flexibility index (Phi) is 6.75. The average Bonchev–Trinajstić information content (AvgIpc) is 3.44. The molecule has 11 heteroatoms. The topological polar surface area (TPSA) is 117 Å². The molecule has 1 aliphatic carbocycles. The largest absolute Gasteiger partial charge is 0.447 e. The van der Waals surface area contributed by atoms with Gasteiger partial charge in [0.1, 0.15) is 21.6 Å². The Bertz CT molecular complexity index is 1290. The van der Waals surface area contributed by atoms with Gasteiger partial charge < -0.3 is 20.0 Å². The zero-order valence-electron chi connectivity index (χ0n) is 18.7. The summed E-state index contributed by atoms with van der Waals surface area (Å²) < 4.78 is 6.33. The van der Waals surface area contributed by atoms with E-state index in [1.807, 2.05) is 4.90 Å². The molecule has 3 aromatic rings. The summed E-state index contributed by atoms with van der Waals surface area (Å²) in [6.45, 7) is 0.808. The van der Waals surface area contributed by atoms with E-state index in [0.717, 1.165) is 25.8 Å². The molecule has 35 heavy (non-hydrogen) atoms. The lowest BCUT2D eigenvalue weighted by Crippen LogP contribution is -2.40. The fourth-order valence-electron chi connectivity index (χ4n) is 4.78. The van der Waals surface area contributed by atoms with E-state index in [1.54, 1.807) is 24.3 Å². The molecule has 2 N–H and O–H groups in total. The van der Waals surface area contributed by atoms with E-state index >= 15 is 0 Å². The van der Waals surface area contributed by atoms with E-state index in [2.05, 4.69) is 36.5 Å². The zero-order chi connectivity index (χ0) is 24.5. The fourth-order valence-corrected chi connectivity index (χ4v) is 5.20. The third-order valence-electron chi connectivity index (χ3n) is 6.54. The van der Waals surface area contributed by atoms with E-state index in [-0.39, 0.29) is 35.2 Å². The molecule has 0 atom stereocenters. The molecule has 2 fully saturated rings. The number of hydrogen-bond donors (Lipinski definition) is 2. The van der Waals surface area contributed by atoms with E-state index in [4.69, 9.17) is 16.0 Å². The van der Waals surface area contributed by atoms with Gasteiger partial charge in [-0.2, -0.15) is 0 Å². The minimum Gasteiger partial charge on any atom is -0.447 e. The summed E-state index contributed by atoms with van der Waals surface area (Å²) in [6, 6.07) is 6.75. The van der Waals surface area contributed by atoms with Gasteiger partial charge >= 0.3 is 0 Å². The van der Waals surface area contributed by atoms with Crippen molar-refractivity contribution in [1.29, 1.82) is 0 Å². The van der Waals surface area contributed by atoms with Crippen LogP contribution in [0.5, 0.6) is 0 Å². The van der Waals surface area contributed by atoms with Crippen LogP contribution in [0, 0.1) is 5.92 Å². The molecule has 3 aromatic heterocycles. The van der Waals surface area contributed by atoms with Crippen molar-refractivity contribution in [3.63, 3.8) is 0 Å². The molecule has 1 aliphatic heterocycles. The van der Waals surface area contributed by atoms with Crippen LogP contribution in [0.4, 0.5) is 11.5 Å². The summed E-state index contributed by atoms with van der Waals surface area (Å²) in [7, 11) is 0. The molecule has 4 heterocycles. The second kappa shape index (κ2) is 9.94. The number of amides is 3. The van der Waals surface area contributed by atoms with Gasteiger partial charge in [0.15, 0.2) is 5.58 Å². The average molecular weight is 561 g/mol. The molecule has 0 bridgehead atoms. The number of nitrogens with one attached hydrogen (secondary N) is 2. The molecule has 182 valence electrons. The number of rotatable bonds is 5. The number of anilines is 2. The van der Waals surface area contributed by atoms with Crippen LogP contribution in [-0.2, 0) is 9.59 Å². The van der Waals surface area contributed by atoms with Crippen molar-refractivity contribution in [3.05, 3.63) is 45.8 Å². The number of carbonyl (C=O) groups is 3. The second-order valence-corrected chi connectivity index (χ2v) is 10.0. The van der Waals surface area contributed by atoms with Crippen molar-refractivity contribution in [1.82, 2.24) is 14.9 Å². The summed E-state index contributed by atoms with van der Waals surface area (Å²) in [5, 5.41) is 6.01. The highest BCUT2D eigenvalue weighted by Crippen LogP contribution is 2.34. The van der Waals surface area contributed by atoms with Gasteiger partial charge in [0, 0.05) is 31.1 Å². The smallest absolute Gasteiger partial charge is 0.294 e. The lowest BCUT2D eigenvalue weighted by molar-refractivity contribution is -0.130. The van der Waals surface area contributed by atoms with Gasteiger partial charge in [-0.15, -0.1) is 0 Å². The van der Waals surface area contributed by atoms with Crippen molar-refractivity contribution < 1.29 is 18.8 Å². The molecule has 1 saturated heterocycles. The molecule has 0 spiro atoms. The summed E-state index contributed by atoms with van der Waals surface area (Å²) >= 11 is 9.21. The molecule has 2 aliphatic rings. The summed E-state index contributed by atoms with van der Waals surface area (Å²) in [6.07, 6.45) is 5.86. The predicted molar refractivity (Wildman–Crippen MR) is 134 cm³/mol. The minimum absolute atomic E-state index is 0.0629. The first-order valence-electron chi connectivity index (χ1n) is 11.5. The van der Waals surface area contributed by atoms with Crippen LogP contribution in [-0.4, -0.2) is 45.2 Å². The number of carbonyl (C=O) groups excluding carboxylic acids is 3. The van der Waals surface area contributed by atoms with Crippen molar-refractivity contribution in [2.45, 2.75) is 44.6 Å². The fraction of sp³-hybridized carbons (Fsp3) is 0.375. The third-order valence-corrected chi connectivity index (χ3v) is 7.21. The molecule has 9 nitrogen and oxygen atoms in total. The van der Waals surface area contributed by atoms with Crippen molar-refractivity contribution in [2.75, 3.05) is 17.2 Å². The first-order chi connectivity index (χ1) is 16.9. The predicted octanol–water partition coefficient (Wildman–Crippen LogP) is 5.01. The van der Waals surface area contributed by atoms with Crippen LogP contribution in [0.2, 0.25) is 5.02 Å². The number of halogens is 2. The normalized spacial score (nSPS) is 20.3. The first kappa shape index (κ1) is 23.7. The summed E-state index contributed by atoms with van der Waals surface area (Å²) in [5.41, 5.74) is 0.960. The highest BCUT2D eigenvalue weighted by Gasteiger charge is 2.34. The molecule has 1 saturated carbocycles. The van der Waals surface area contributed by atoms with Crippen LogP contribution in [0.25, 0.3) is 11.1 Å². The Morgan fingerprint density at radius 3 is 2.60 bits per heavy atom. The van der Waals surface area contributed by atoms with Gasteiger partial charge in [0.25, 0.3) is 5.91 Å². The number of hydrogen-bond acceptors (Lipinski definition) is 6. The number of fused-ring (bicyclic) bond motifs is 1. The van der Waals surface area contributed by atoms with E-state index in [1.165, 1.54) is 6.20 Å². The van der Waals surface area contributed by atoms with Gasteiger partial charge in [-0.05, 0) is 72.3 Å². The number of aromatic nitrogens is 2. The Morgan fingerprint density at radius 1 is 1.11 bits per heavy atom. The number of nitrogens with zero attached hydrogens (tertiary/aromatic N) is 3. The van der Waals surface area contributed by atoms with Crippen molar-refractivity contribution in [2.24, 2.45) is 5.92 Å². The van der Waals surface area contributed by atoms with Crippen LogP contribution in [0.15, 0.2) is 39.5 Å². The number of likely N-dealkylation sites (tertiary alicyclic amines) is 1. The van der Waals surface area contributed by atoms with Gasteiger partial charge in [-0.3, -0.25) is 14.4 Å². The van der Waals surface area contributed by atoms with Gasteiger partial charge in [-0.25, -0.2) is 9.97 Å². The third kappa shape index (κ3) is 5.04. The highest BCUT2D eigenvalue weighted by molar-refractivity contribution is 9.10. The second-order valence-electron chi connectivity index (χ2n) is 8.79. The summed E-state index contributed by atoms with van der Waals surface area (Å²) in [4.78, 5) is 48.8. The van der Waals surface area contributed by atoms with E-state index < -0.39 is 5.91 Å². The Morgan fingerprint density at radius 2 is 1.91 bits per heavy atom. The van der Waals surface area contributed by atoms with Crippen LogP contribution in [0.3, 0.4) is 0 Å². The standard InChI is InChI=1S/C24H23BrClN5O4/c25-17-9-8-16-20(28-17)21(22(35-16)24(34)29-18-10-5-14(26)12-27-18)30-23(33)13-3-6-15(7-4-13)31-11-1-2-19(31)32/h5,8-10,12-13,15H,1-4,6-7,11H2,(H,30,33)(H,27,29,34). The number of furan rings is 1. The first-order valence-corrected chi connectivity index (χ1v) is 12.7. The highest BCUT2D eigenvalue weighted by atomic mass is 79.9. The van der Waals surface area contributed by atoms with E-state index in [0.29, 0.717) is 45.8 Å². The molecule has 5 rings (SSSR count). The lowest BCUT2D eigenvalue weighted by atomic mass is 9.84. The summed E-state index contributed by atoms with van der Waals surface area (Å²) in [5.74, 6) is -0.548. The van der Waals surface area contributed by atoms with Crippen LogP contribution >= 0.6 is 27.5 Å². The quantitative estimate of drug-likeness (QED) is 0.424. The maximum absolute atomic E-state index is 13.2. The van der Waals surface area contributed by atoms with Crippen molar-refractivity contribution >= 4 is 67.9 Å². The molecule has 0 unspecified atom stereocenters. The maximum atomic E-state index is 13.2. The molecular weight excluding hydrogens is 538 g/mol. The molecule has 0 radical (unpaired) electrons. The SMILES string of the molecule is O=C(Nc1ccc(Cl)cn1)c1oc2ccc(Br)nc2c1NC(=O)C1CCC(N2CCCC2=O)CC1. The van der Waals surface area contributed by atoms with Gasteiger partial charge in [0.2, 0.25) is 17.6 Å². The molecule has 0 aromatic carbocycles. The zero-order valence-corrected chi connectivity index (χ0v) is 21.1. The number of pyridine rings is 2. The van der Waals surface area contributed by atoms with Crippen molar-refractivity contribution in [3.8, 4) is 0 Å². The van der Waals surface area contributed by atoms with Gasteiger partial charge in [-0.1, -0.05) is 11.6 Å². The lowest BCUT2D eigenvalue weighted by Gasteiger charge is -2.34. The maximum Gasteiger partial charge on any atom is 0.294 e. The van der Waals surface area contributed by atoms with Crippen LogP contribution in [0.1, 0.15) is 49.1 Å². The molecule has 3 amide bonds. The van der Waals surface area contributed by atoms with Gasteiger partial charge in [0.05, 0.1) is 5.02 Å². The minimum atomic E-state index is -0.569. The Hall–Kier alpha value is -2.98. The van der Waals surface area contributed by atoms with Crippen LogP contribution < -0.4 is 10.6 Å². The Balaban J connectivity index is 1.34. The monoisotopic (exact) mass is 559 g/mol. The van der Waals surface area contributed by atoms with E-state index in [9.17, 15) is 14.4 Å². The molecular formula is C24H23BrClN5O4. The Labute approximate surface area is 214 Å².